The number of carbonyl (C=O) groups is 2. The maximum absolute atomic E-state index is 13.6. The zero-order valence-electron chi connectivity index (χ0n) is 15.0. The van der Waals surface area contributed by atoms with E-state index in [1.807, 2.05) is 61.5 Å². The molecule has 3 aliphatic rings. The Kier molecular flexibility index (Phi) is 3.13. The highest BCUT2D eigenvalue weighted by molar-refractivity contribution is 6.12. The van der Waals surface area contributed by atoms with E-state index >= 15 is 0 Å². The molecule has 0 aromatic heterocycles. The number of benzene rings is 2. The molecule has 0 saturated carbocycles. The largest absolute Gasteiger partial charge is 0.418 e. The van der Waals surface area contributed by atoms with Crippen molar-refractivity contribution in [3.63, 3.8) is 0 Å². The number of amides is 3. The molecule has 3 amide bonds. The third-order valence-corrected chi connectivity index (χ3v) is 5.64. The first-order valence-corrected chi connectivity index (χ1v) is 8.96. The molecule has 0 radical (unpaired) electrons. The van der Waals surface area contributed by atoms with Gasteiger partial charge in [0.05, 0.1) is 5.69 Å². The fourth-order valence-electron chi connectivity index (χ4n) is 4.64. The molecule has 27 heavy (non-hydrogen) atoms. The first-order valence-electron chi connectivity index (χ1n) is 8.96. The third kappa shape index (κ3) is 1.74. The molecule has 2 aromatic carbocycles. The fourth-order valence-corrected chi connectivity index (χ4v) is 4.64. The van der Waals surface area contributed by atoms with Crippen molar-refractivity contribution in [3.05, 3.63) is 60.2 Å². The van der Waals surface area contributed by atoms with Gasteiger partial charge < -0.3 is 9.47 Å². The highest BCUT2D eigenvalue weighted by atomic mass is 16.6. The van der Waals surface area contributed by atoms with Crippen LogP contribution in [0.4, 0.5) is 21.0 Å². The van der Waals surface area contributed by atoms with Crippen LogP contribution in [0.5, 0.6) is 0 Å². The van der Waals surface area contributed by atoms with Crippen LogP contribution in [0.1, 0.15) is 25.5 Å². The molecule has 0 bridgehead atoms. The van der Waals surface area contributed by atoms with E-state index in [-0.39, 0.29) is 6.03 Å². The van der Waals surface area contributed by atoms with E-state index in [1.54, 1.807) is 11.8 Å². The van der Waals surface area contributed by atoms with Gasteiger partial charge in [0.1, 0.15) is 6.10 Å². The third-order valence-electron chi connectivity index (χ3n) is 5.64. The molecule has 3 atom stereocenters. The van der Waals surface area contributed by atoms with Crippen LogP contribution in [0, 0.1) is 0 Å². The molecular formula is C20H19N3O4. The zero-order chi connectivity index (χ0) is 18.8. The monoisotopic (exact) mass is 365 g/mol. The Morgan fingerprint density at radius 1 is 1.07 bits per heavy atom. The van der Waals surface area contributed by atoms with Crippen LogP contribution in [0.25, 0.3) is 0 Å². The molecule has 7 nitrogen and oxygen atoms in total. The molecule has 0 aliphatic carbocycles. The van der Waals surface area contributed by atoms with Gasteiger partial charge in [-0.2, -0.15) is 0 Å². The first-order chi connectivity index (χ1) is 13.0. The minimum atomic E-state index is -1.28. The number of ether oxygens (including phenoxy) is 2. The number of alkyl carbamates (subject to hydrolysis) is 1. The Hall–Kier alpha value is -3.06. The van der Waals surface area contributed by atoms with Crippen LogP contribution in [0.15, 0.2) is 54.6 Å². The van der Waals surface area contributed by atoms with Gasteiger partial charge in [0.2, 0.25) is 11.4 Å². The highest BCUT2D eigenvalue weighted by Crippen LogP contribution is 2.60. The Morgan fingerprint density at radius 3 is 2.52 bits per heavy atom. The van der Waals surface area contributed by atoms with Gasteiger partial charge in [-0.05, 0) is 25.1 Å². The molecule has 3 unspecified atom stereocenters. The normalized spacial score (nSPS) is 30.7. The first kappa shape index (κ1) is 16.1. The number of rotatable bonds is 3. The van der Waals surface area contributed by atoms with Crippen molar-refractivity contribution in [2.45, 2.75) is 31.3 Å². The Balaban J connectivity index is 1.78. The number of fused-ring (bicyclic) bond motifs is 2. The predicted molar refractivity (Wildman–Crippen MR) is 98.4 cm³/mol. The van der Waals surface area contributed by atoms with E-state index < -0.39 is 23.6 Å². The summed E-state index contributed by atoms with van der Waals surface area (Å²) >= 11 is 0. The van der Waals surface area contributed by atoms with Gasteiger partial charge >= 0.3 is 12.1 Å². The average Bonchev–Trinajstić information content (AvgIpc) is 3.14. The average molecular weight is 365 g/mol. The zero-order valence-corrected chi connectivity index (χ0v) is 15.0. The van der Waals surface area contributed by atoms with Gasteiger partial charge in [0.25, 0.3) is 0 Å². The van der Waals surface area contributed by atoms with Crippen LogP contribution in [0.3, 0.4) is 0 Å². The summed E-state index contributed by atoms with van der Waals surface area (Å²) in [6, 6.07) is 16.5. The smallest absolute Gasteiger partial charge is 0.411 e. The van der Waals surface area contributed by atoms with Crippen molar-refractivity contribution < 1.29 is 19.1 Å². The number of anilines is 2. The fraction of sp³-hybridized carbons (Fsp3) is 0.300. The Morgan fingerprint density at radius 2 is 1.78 bits per heavy atom. The Labute approximate surface area is 156 Å². The van der Waals surface area contributed by atoms with Gasteiger partial charge in [-0.25, -0.2) is 9.59 Å². The summed E-state index contributed by atoms with van der Waals surface area (Å²) in [6.45, 7) is 4.08. The molecule has 2 fully saturated rings. The minimum Gasteiger partial charge on any atom is -0.418 e. The lowest BCUT2D eigenvalue weighted by molar-refractivity contribution is -0.0523. The van der Waals surface area contributed by atoms with Gasteiger partial charge in [0, 0.05) is 24.8 Å². The number of urea groups is 1. The Bertz CT molecular complexity index is 949. The van der Waals surface area contributed by atoms with Gasteiger partial charge in [-0.1, -0.05) is 36.4 Å². The van der Waals surface area contributed by atoms with E-state index in [0.717, 1.165) is 11.3 Å². The van der Waals surface area contributed by atoms with Crippen molar-refractivity contribution in [1.82, 2.24) is 5.32 Å². The number of nitrogens with zero attached hydrogens (tertiary/aromatic N) is 2. The lowest BCUT2D eigenvalue weighted by atomic mass is 9.90. The molecular weight excluding hydrogens is 346 g/mol. The van der Waals surface area contributed by atoms with Crippen molar-refractivity contribution in [2.24, 2.45) is 0 Å². The molecule has 7 heteroatoms. The van der Waals surface area contributed by atoms with Crippen molar-refractivity contribution in [2.75, 3.05) is 16.4 Å². The van der Waals surface area contributed by atoms with Gasteiger partial charge in [-0.3, -0.25) is 15.1 Å². The number of hydrogen-bond acceptors (Lipinski definition) is 4. The number of hydrogen-bond donors (Lipinski definition) is 1. The topological polar surface area (TPSA) is 71.1 Å². The van der Waals surface area contributed by atoms with Crippen LogP contribution < -0.4 is 15.1 Å². The maximum Gasteiger partial charge on any atom is 0.411 e. The summed E-state index contributed by atoms with van der Waals surface area (Å²) in [7, 11) is 0. The number of carbonyl (C=O) groups excluding carboxylic acids is 2. The standard InChI is InChI=1S/C20H19N3O4/c1-3-26-16-14-11-7-8-12-15(14)23-18(25)22(13-9-5-4-6-10-13)19(2)20(16,23)21-17(24)27-19/h4-12,16H,3H2,1-2H3,(H,21,24). The van der Waals surface area contributed by atoms with E-state index in [0.29, 0.717) is 12.3 Å². The molecule has 3 heterocycles. The summed E-state index contributed by atoms with van der Waals surface area (Å²) in [5.41, 5.74) is -0.227. The summed E-state index contributed by atoms with van der Waals surface area (Å²) < 4.78 is 11.8. The second kappa shape index (κ2) is 5.23. The van der Waals surface area contributed by atoms with Crippen LogP contribution in [0.2, 0.25) is 0 Å². The second-order valence-electron chi connectivity index (χ2n) is 6.95. The van der Waals surface area contributed by atoms with E-state index in [1.165, 1.54) is 4.90 Å². The quantitative estimate of drug-likeness (QED) is 0.905. The van der Waals surface area contributed by atoms with Crippen LogP contribution in [-0.2, 0) is 9.47 Å². The van der Waals surface area contributed by atoms with Gasteiger partial charge in [-0.15, -0.1) is 0 Å². The van der Waals surface area contributed by atoms with E-state index in [2.05, 4.69) is 5.32 Å². The predicted octanol–water partition coefficient (Wildman–Crippen LogP) is 3.38. The molecule has 138 valence electrons. The summed E-state index contributed by atoms with van der Waals surface area (Å²) in [4.78, 5) is 29.2. The second-order valence-corrected chi connectivity index (χ2v) is 6.95. The minimum absolute atomic E-state index is 0.265. The molecule has 3 aliphatic heterocycles. The van der Waals surface area contributed by atoms with Gasteiger partial charge in [0.15, 0.2) is 0 Å². The molecule has 2 aromatic rings. The van der Waals surface area contributed by atoms with Crippen LogP contribution in [-0.4, -0.2) is 30.1 Å². The summed E-state index contributed by atoms with van der Waals surface area (Å²) in [5, 5.41) is 2.92. The van der Waals surface area contributed by atoms with Crippen molar-refractivity contribution in [3.8, 4) is 0 Å². The molecule has 1 spiro atoms. The summed E-state index contributed by atoms with van der Waals surface area (Å²) in [5.74, 6) is 0. The number of para-hydroxylation sites is 2. The maximum atomic E-state index is 13.6. The lowest BCUT2D eigenvalue weighted by Gasteiger charge is -2.40. The van der Waals surface area contributed by atoms with Crippen molar-refractivity contribution >= 4 is 23.5 Å². The summed E-state index contributed by atoms with van der Waals surface area (Å²) in [6.07, 6.45) is -1.12. The SMILES string of the molecule is CCOC1c2ccccc2N2C(=O)N(c3ccccc3)C3(C)OC(=O)NC123. The van der Waals surface area contributed by atoms with Crippen molar-refractivity contribution in [1.29, 1.82) is 0 Å². The molecule has 1 N–H and O–H groups in total. The highest BCUT2D eigenvalue weighted by Gasteiger charge is 2.79. The molecule has 5 rings (SSSR count). The number of nitrogens with one attached hydrogen (secondary N) is 1. The molecule has 2 saturated heterocycles. The van der Waals surface area contributed by atoms with E-state index in [9.17, 15) is 9.59 Å². The van der Waals surface area contributed by atoms with E-state index in [4.69, 9.17) is 9.47 Å². The lowest BCUT2D eigenvalue weighted by Crippen LogP contribution is -2.65. The van der Waals surface area contributed by atoms with Crippen LogP contribution >= 0.6 is 0 Å².